The quantitative estimate of drug-likeness (QED) is 0.751. The van der Waals surface area contributed by atoms with Crippen LogP contribution in [0.25, 0.3) is 0 Å². The van der Waals surface area contributed by atoms with Gasteiger partial charge in [0.25, 0.3) is 0 Å². The lowest BCUT2D eigenvalue weighted by Crippen LogP contribution is -2.01. The molecule has 1 atom stereocenters. The summed E-state index contributed by atoms with van der Waals surface area (Å²) in [6, 6.07) is 5.86. The van der Waals surface area contributed by atoms with Gasteiger partial charge in [0.05, 0.1) is 6.16 Å². The van der Waals surface area contributed by atoms with E-state index in [1.165, 1.54) is 0 Å². The molecule has 0 bridgehead atoms. The Hall–Kier alpha value is -0.790. The normalized spacial score (nSPS) is 14.2. The van der Waals surface area contributed by atoms with E-state index in [9.17, 15) is 9.46 Å². The van der Waals surface area contributed by atoms with Crippen molar-refractivity contribution < 1.29 is 14.0 Å². The van der Waals surface area contributed by atoms with Crippen molar-refractivity contribution in [2.45, 2.75) is 46.5 Å². The van der Waals surface area contributed by atoms with Gasteiger partial charge < -0.3 is 9.42 Å². The Morgan fingerprint density at radius 2 is 2.00 bits per heavy atom. The van der Waals surface area contributed by atoms with Gasteiger partial charge in [-0.25, -0.2) is 4.57 Å². The molecule has 1 N–H and O–H groups in total. The molecule has 0 heterocycles. The predicted octanol–water partition coefficient (Wildman–Crippen LogP) is 4.31. The molecule has 0 aromatic heterocycles. The second-order valence-electron chi connectivity index (χ2n) is 4.62. The van der Waals surface area contributed by atoms with Gasteiger partial charge in [-0.3, -0.25) is 0 Å². The molecule has 0 aliphatic rings. The zero-order valence-corrected chi connectivity index (χ0v) is 12.4. The first-order valence-electron chi connectivity index (χ1n) is 6.60. The van der Waals surface area contributed by atoms with E-state index in [1.807, 2.05) is 32.0 Å². The lowest BCUT2D eigenvalue weighted by atomic mass is 10.0. The Morgan fingerprint density at radius 1 is 1.28 bits per heavy atom. The van der Waals surface area contributed by atoms with Crippen LogP contribution in [0.5, 0.6) is 5.75 Å². The fourth-order valence-corrected chi connectivity index (χ4v) is 3.08. The topological polar surface area (TPSA) is 46.5 Å². The molecule has 0 aliphatic carbocycles. The third-order valence-corrected chi connectivity index (χ3v) is 4.31. The van der Waals surface area contributed by atoms with E-state index in [2.05, 4.69) is 6.92 Å². The smallest absolute Gasteiger partial charge is 0.376 e. The maximum Gasteiger partial charge on any atom is 0.376 e. The minimum atomic E-state index is -3.50. The molecule has 1 aromatic carbocycles. The fraction of sp³-hybridized carbons (Fsp3) is 0.571. The molecular formula is C14H23O3P. The molecule has 0 radical (unpaired) electrons. The van der Waals surface area contributed by atoms with Crippen molar-refractivity contribution in [1.29, 1.82) is 0 Å². The molecule has 102 valence electrons. The minimum absolute atomic E-state index is 0.203. The van der Waals surface area contributed by atoms with E-state index in [0.717, 1.165) is 30.4 Å². The van der Waals surface area contributed by atoms with Gasteiger partial charge in [-0.2, -0.15) is 0 Å². The number of aryl methyl sites for hydroxylation is 2. The molecule has 4 heteroatoms. The van der Waals surface area contributed by atoms with Crippen LogP contribution in [0.1, 0.15) is 44.2 Å². The number of hydrogen-bond acceptors (Lipinski definition) is 2. The van der Waals surface area contributed by atoms with Crippen molar-refractivity contribution in [3.63, 3.8) is 0 Å². The van der Waals surface area contributed by atoms with E-state index in [0.29, 0.717) is 12.2 Å². The van der Waals surface area contributed by atoms with Gasteiger partial charge in [0.1, 0.15) is 5.75 Å². The lowest BCUT2D eigenvalue weighted by molar-refractivity contribution is 0.376. The monoisotopic (exact) mass is 270 g/mol. The van der Waals surface area contributed by atoms with E-state index in [1.54, 1.807) is 0 Å². The van der Waals surface area contributed by atoms with Crippen molar-refractivity contribution in [1.82, 2.24) is 0 Å². The zero-order chi connectivity index (χ0) is 13.6. The summed E-state index contributed by atoms with van der Waals surface area (Å²) in [5.74, 6) is 0.602. The van der Waals surface area contributed by atoms with E-state index in [4.69, 9.17) is 4.52 Å². The summed E-state index contributed by atoms with van der Waals surface area (Å²) in [6.07, 6.45) is 3.89. The number of unbranched alkanes of at least 4 members (excludes halogenated alkanes) is 1. The van der Waals surface area contributed by atoms with Gasteiger partial charge in [0, 0.05) is 0 Å². The number of para-hydroxylation sites is 1. The standard InChI is InChI=1S/C14H23O3P/c1-4-6-9-13-10-7-8-12(3)14(13)17-18(15,16)11-5-2/h7-8,10H,4-6,9,11H2,1-3H3,(H,15,16). The van der Waals surface area contributed by atoms with Crippen molar-refractivity contribution in [3.8, 4) is 5.75 Å². The first-order chi connectivity index (χ1) is 8.50. The predicted molar refractivity (Wildman–Crippen MR) is 75.4 cm³/mol. The van der Waals surface area contributed by atoms with Crippen molar-refractivity contribution in [2.75, 3.05) is 6.16 Å². The van der Waals surface area contributed by atoms with E-state index < -0.39 is 7.60 Å². The van der Waals surface area contributed by atoms with Crippen LogP contribution in [0.15, 0.2) is 18.2 Å². The molecule has 0 saturated heterocycles. The number of benzene rings is 1. The average Bonchev–Trinajstić information content (AvgIpc) is 2.30. The maximum atomic E-state index is 11.9. The molecule has 18 heavy (non-hydrogen) atoms. The molecule has 3 nitrogen and oxygen atoms in total. The second-order valence-corrected chi connectivity index (χ2v) is 6.52. The average molecular weight is 270 g/mol. The van der Waals surface area contributed by atoms with Gasteiger partial charge in [-0.1, -0.05) is 38.5 Å². The summed E-state index contributed by atoms with van der Waals surface area (Å²) in [4.78, 5) is 9.78. The van der Waals surface area contributed by atoms with Gasteiger partial charge in [0.2, 0.25) is 0 Å². The summed E-state index contributed by atoms with van der Waals surface area (Å²) >= 11 is 0. The number of hydrogen-bond donors (Lipinski definition) is 1. The molecule has 0 amide bonds. The van der Waals surface area contributed by atoms with Crippen molar-refractivity contribution in [3.05, 3.63) is 29.3 Å². The Balaban J connectivity index is 2.95. The van der Waals surface area contributed by atoms with Crippen LogP contribution in [0.2, 0.25) is 0 Å². The third-order valence-electron chi connectivity index (χ3n) is 2.83. The minimum Gasteiger partial charge on any atom is -0.424 e. The molecule has 1 aromatic rings. The molecular weight excluding hydrogens is 247 g/mol. The van der Waals surface area contributed by atoms with Crippen LogP contribution in [0.4, 0.5) is 0 Å². The molecule has 1 unspecified atom stereocenters. The van der Waals surface area contributed by atoms with Crippen molar-refractivity contribution in [2.24, 2.45) is 0 Å². The molecule has 1 rings (SSSR count). The maximum absolute atomic E-state index is 11.9. The SMILES string of the molecule is CCCCc1cccc(C)c1OP(=O)(O)CCC. The largest absolute Gasteiger partial charge is 0.424 e. The molecule has 0 spiro atoms. The Kier molecular flexibility index (Phi) is 5.90. The van der Waals surface area contributed by atoms with E-state index >= 15 is 0 Å². The Labute approximate surface area is 110 Å². The van der Waals surface area contributed by atoms with Crippen LogP contribution in [-0.4, -0.2) is 11.1 Å². The van der Waals surface area contributed by atoms with Gasteiger partial charge >= 0.3 is 7.60 Å². The van der Waals surface area contributed by atoms with Crippen LogP contribution in [0.3, 0.4) is 0 Å². The van der Waals surface area contributed by atoms with Crippen molar-refractivity contribution >= 4 is 7.60 Å². The summed E-state index contributed by atoms with van der Waals surface area (Å²) in [5, 5.41) is 0. The Bertz CT molecular complexity index is 429. The summed E-state index contributed by atoms with van der Waals surface area (Å²) in [7, 11) is -3.50. The summed E-state index contributed by atoms with van der Waals surface area (Å²) in [6.45, 7) is 5.92. The van der Waals surface area contributed by atoms with Gasteiger partial charge in [-0.05, 0) is 37.3 Å². The second kappa shape index (κ2) is 6.96. The first kappa shape index (κ1) is 15.3. The summed E-state index contributed by atoms with van der Waals surface area (Å²) in [5.41, 5.74) is 1.95. The van der Waals surface area contributed by atoms with Crippen LogP contribution in [-0.2, 0) is 11.0 Å². The molecule has 0 saturated carbocycles. The van der Waals surface area contributed by atoms with Gasteiger partial charge in [0.15, 0.2) is 0 Å². The van der Waals surface area contributed by atoms with E-state index in [-0.39, 0.29) is 6.16 Å². The lowest BCUT2D eigenvalue weighted by Gasteiger charge is -2.17. The number of rotatable bonds is 7. The highest BCUT2D eigenvalue weighted by molar-refractivity contribution is 7.53. The van der Waals surface area contributed by atoms with Crippen LogP contribution in [0, 0.1) is 6.92 Å². The Morgan fingerprint density at radius 3 is 2.61 bits per heavy atom. The van der Waals surface area contributed by atoms with Crippen LogP contribution >= 0.6 is 7.60 Å². The molecule has 0 fully saturated rings. The van der Waals surface area contributed by atoms with Crippen LogP contribution < -0.4 is 4.52 Å². The highest BCUT2D eigenvalue weighted by Crippen LogP contribution is 2.45. The third kappa shape index (κ3) is 4.47. The zero-order valence-electron chi connectivity index (χ0n) is 11.5. The highest BCUT2D eigenvalue weighted by Gasteiger charge is 2.21. The van der Waals surface area contributed by atoms with Gasteiger partial charge in [-0.15, -0.1) is 0 Å². The highest BCUT2D eigenvalue weighted by atomic mass is 31.2. The molecule has 0 aliphatic heterocycles. The fourth-order valence-electron chi connectivity index (χ4n) is 1.88. The first-order valence-corrected chi connectivity index (χ1v) is 8.36. The summed E-state index contributed by atoms with van der Waals surface area (Å²) < 4.78 is 17.3.